The van der Waals surface area contributed by atoms with Gasteiger partial charge in [0.1, 0.15) is 11.6 Å². The van der Waals surface area contributed by atoms with Crippen molar-refractivity contribution in [3.05, 3.63) is 34.1 Å². The van der Waals surface area contributed by atoms with Gasteiger partial charge in [-0.2, -0.15) is 0 Å². The van der Waals surface area contributed by atoms with Crippen molar-refractivity contribution in [1.82, 2.24) is 0 Å². The Morgan fingerprint density at radius 2 is 2.05 bits per heavy atom. The maximum Gasteiger partial charge on any atom is 0.136 e. The van der Waals surface area contributed by atoms with Crippen LogP contribution in [0.2, 0.25) is 0 Å². The van der Waals surface area contributed by atoms with E-state index in [0.29, 0.717) is 24.5 Å². The molecule has 0 radical (unpaired) electrons. The van der Waals surface area contributed by atoms with Crippen LogP contribution in [0.3, 0.4) is 0 Å². The summed E-state index contributed by atoms with van der Waals surface area (Å²) < 4.78 is 13.9. The van der Waals surface area contributed by atoms with E-state index in [1.54, 1.807) is 6.07 Å². The van der Waals surface area contributed by atoms with Crippen LogP contribution in [0.25, 0.3) is 0 Å². The van der Waals surface area contributed by atoms with Gasteiger partial charge in [-0.3, -0.25) is 4.79 Å². The van der Waals surface area contributed by atoms with Gasteiger partial charge in [0, 0.05) is 16.8 Å². The van der Waals surface area contributed by atoms with Crippen LogP contribution < -0.4 is 0 Å². The molecule has 0 aromatic heterocycles. The second-order valence-corrected chi connectivity index (χ2v) is 7.79. The first kappa shape index (κ1) is 15.7. The van der Waals surface area contributed by atoms with E-state index in [9.17, 15) is 9.18 Å². The molecule has 20 heavy (non-hydrogen) atoms. The number of hydrogen-bond donors (Lipinski definition) is 0. The summed E-state index contributed by atoms with van der Waals surface area (Å²) in [5.74, 6) is 0.782. The Bertz CT molecular complexity index is 504. The van der Waals surface area contributed by atoms with Crippen molar-refractivity contribution in [1.29, 1.82) is 0 Å². The third kappa shape index (κ3) is 3.69. The Balaban J connectivity index is 2.12. The van der Waals surface area contributed by atoms with Crippen LogP contribution in [-0.2, 0) is 11.2 Å². The van der Waals surface area contributed by atoms with Gasteiger partial charge in [0.2, 0.25) is 0 Å². The summed E-state index contributed by atoms with van der Waals surface area (Å²) in [6.07, 6.45) is 3.35. The third-order valence-electron chi connectivity index (χ3n) is 4.47. The predicted molar refractivity (Wildman–Crippen MR) is 83.1 cm³/mol. The SMILES string of the molecule is CC(C)(C)C1CCC(=O)C(Cc2ccc(F)cc2Br)C1. The molecule has 0 bridgehead atoms. The average molecular weight is 341 g/mol. The molecule has 2 rings (SSSR count). The minimum atomic E-state index is -0.247. The van der Waals surface area contributed by atoms with E-state index >= 15 is 0 Å². The lowest BCUT2D eigenvalue weighted by molar-refractivity contribution is -0.126. The molecule has 0 saturated heterocycles. The summed E-state index contributed by atoms with van der Waals surface area (Å²) in [6.45, 7) is 6.75. The molecule has 2 atom stereocenters. The number of hydrogen-bond acceptors (Lipinski definition) is 1. The monoisotopic (exact) mass is 340 g/mol. The smallest absolute Gasteiger partial charge is 0.136 e. The molecule has 1 saturated carbocycles. The number of Topliss-reactive ketones (excluding diaryl/α,β-unsaturated/α-hetero) is 1. The van der Waals surface area contributed by atoms with Gasteiger partial charge in [0.05, 0.1) is 0 Å². The first-order valence-corrected chi connectivity index (χ1v) is 8.03. The van der Waals surface area contributed by atoms with Gasteiger partial charge >= 0.3 is 0 Å². The van der Waals surface area contributed by atoms with Crippen LogP contribution in [0, 0.1) is 23.1 Å². The first-order valence-electron chi connectivity index (χ1n) is 7.24. The maximum absolute atomic E-state index is 13.1. The zero-order valence-electron chi connectivity index (χ0n) is 12.4. The van der Waals surface area contributed by atoms with Crippen LogP contribution in [0.1, 0.15) is 45.6 Å². The van der Waals surface area contributed by atoms with Gasteiger partial charge in [-0.15, -0.1) is 0 Å². The van der Waals surface area contributed by atoms with Crippen molar-refractivity contribution < 1.29 is 9.18 Å². The Labute approximate surface area is 129 Å². The normalized spacial score (nSPS) is 23.9. The van der Waals surface area contributed by atoms with Crippen LogP contribution in [0.5, 0.6) is 0 Å². The highest BCUT2D eigenvalue weighted by Gasteiger charge is 2.34. The van der Waals surface area contributed by atoms with Crippen LogP contribution in [-0.4, -0.2) is 5.78 Å². The van der Waals surface area contributed by atoms with E-state index in [-0.39, 0.29) is 17.2 Å². The van der Waals surface area contributed by atoms with Crippen LogP contribution in [0.4, 0.5) is 4.39 Å². The fraction of sp³-hybridized carbons (Fsp3) is 0.588. The van der Waals surface area contributed by atoms with Gasteiger partial charge in [0.25, 0.3) is 0 Å². The molecule has 0 aliphatic heterocycles. The van der Waals surface area contributed by atoms with Gasteiger partial charge in [-0.1, -0.05) is 42.8 Å². The largest absolute Gasteiger partial charge is 0.299 e. The summed E-state index contributed by atoms with van der Waals surface area (Å²) in [5, 5.41) is 0. The molecule has 1 aromatic rings. The van der Waals surface area contributed by atoms with Crippen molar-refractivity contribution in [2.45, 2.75) is 46.5 Å². The molecule has 0 N–H and O–H groups in total. The Morgan fingerprint density at radius 1 is 1.35 bits per heavy atom. The Morgan fingerprint density at radius 3 is 2.65 bits per heavy atom. The standard InChI is InChI=1S/C17H22BrFO/c1-17(2,3)13-5-7-16(20)12(9-13)8-11-4-6-14(19)10-15(11)18/h4,6,10,12-13H,5,7-9H2,1-3H3. The number of benzene rings is 1. The van der Waals surface area contributed by atoms with Gasteiger partial charge in [-0.05, 0) is 48.3 Å². The van der Waals surface area contributed by atoms with E-state index < -0.39 is 0 Å². The van der Waals surface area contributed by atoms with Crippen LogP contribution >= 0.6 is 15.9 Å². The van der Waals surface area contributed by atoms with E-state index in [4.69, 9.17) is 0 Å². The lowest BCUT2D eigenvalue weighted by Crippen LogP contribution is -2.33. The number of halogens is 2. The first-order chi connectivity index (χ1) is 9.27. The molecule has 2 unspecified atom stereocenters. The molecule has 110 valence electrons. The van der Waals surface area contributed by atoms with E-state index in [1.807, 2.05) is 0 Å². The molecular formula is C17H22BrFO. The lowest BCUT2D eigenvalue weighted by atomic mass is 9.67. The van der Waals surface area contributed by atoms with Gasteiger partial charge in [-0.25, -0.2) is 4.39 Å². The van der Waals surface area contributed by atoms with E-state index in [1.165, 1.54) is 12.1 Å². The number of ketones is 1. The molecule has 0 spiro atoms. The van der Waals surface area contributed by atoms with Crippen molar-refractivity contribution in [2.24, 2.45) is 17.3 Å². The molecule has 1 nitrogen and oxygen atoms in total. The molecule has 0 amide bonds. The summed E-state index contributed by atoms with van der Waals surface area (Å²) >= 11 is 3.40. The van der Waals surface area contributed by atoms with E-state index in [2.05, 4.69) is 36.7 Å². The minimum absolute atomic E-state index is 0.0785. The van der Waals surface area contributed by atoms with Crippen molar-refractivity contribution in [3.63, 3.8) is 0 Å². The second-order valence-electron chi connectivity index (χ2n) is 6.94. The molecule has 1 aliphatic carbocycles. The van der Waals surface area contributed by atoms with Gasteiger partial charge in [0.15, 0.2) is 0 Å². The van der Waals surface area contributed by atoms with Crippen molar-refractivity contribution in [3.8, 4) is 0 Å². The zero-order chi connectivity index (χ0) is 14.9. The Kier molecular flexibility index (Phi) is 4.68. The molecule has 3 heteroatoms. The fourth-order valence-electron chi connectivity index (χ4n) is 3.05. The molecular weight excluding hydrogens is 319 g/mol. The summed E-state index contributed by atoms with van der Waals surface area (Å²) in [4.78, 5) is 12.2. The average Bonchev–Trinajstić information content (AvgIpc) is 2.33. The summed E-state index contributed by atoms with van der Waals surface area (Å²) in [7, 11) is 0. The minimum Gasteiger partial charge on any atom is -0.299 e. The molecule has 0 heterocycles. The molecule has 1 fully saturated rings. The quantitative estimate of drug-likeness (QED) is 0.726. The fourth-order valence-corrected chi connectivity index (χ4v) is 3.56. The maximum atomic E-state index is 13.1. The topological polar surface area (TPSA) is 17.1 Å². The number of rotatable bonds is 2. The Hall–Kier alpha value is -0.700. The summed E-state index contributed by atoms with van der Waals surface area (Å²) in [5.41, 5.74) is 1.28. The predicted octanol–water partition coefficient (Wildman–Crippen LogP) is 5.16. The summed E-state index contributed by atoms with van der Waals surface area (Å²) in [6, 6.07) is 4.73. The second kappa shape index (κ2) is 5.97. The van der Waals surface area contributed by atoms with Crippen LogP contribution in [0.15, 0.2) is 22.7 Å². The lowest BCUT2D eigenvalue weighted by Gasteiger charge is -2.37. The van der Waals surface area contributed by atoms with E-state index in [0.717, 1.165) is 22.9 Å². The number of carbonyl (C=O) groups is 1. The molecule has 1 aromatic carbocycles. The zero-order valence-corrected chi connectivity index (χ0v) is 14.0. The van der Waals surface area contributed by atoms with Crippen molar-refractivity contribution in [2.75, 3.05) is 0 Å². The molecule has 1 aliphatic rings. The highest BCUT2D eigenvalue weighted by Crippen LogP contribution is 2.40. The highest BCUT2D eigenvalue weighted by atomic mass is 79.9. The highest BCUT2D eigenvalue weighted by molar-refractivity contribution is 9.10. The third-order valence-corrected chi connectivity index (χ3v) is 5.21. The van der Waals surface area contributed by atoms with Crippen molar-refractivity contribution >= 4 is 21.7 Å². The van der Waals surface area contributed by atoms with Gasteiger partial charge < -0.3 is 0 Å². The number of carbonyl (C=O) groups excluding carboxylic acids is 1.